The summed E-state index contributed by atoms with van der Waals surface area (Å²) in [5.41, 5.74) is 3.87. The first-order valence-electron chi connectivity index (χ1n) is 10.2. The Bertz CT molecular complexity index is 1240. The topological polar surface area (TPSA) is 89.1 Å². The molecule has 0 spiro atoms. The molecule has 0 aliphatic rings. The van der Waals surface area contributed by atoms with Crippen LogP contribution in [-0.4, -0.2) is 48.5 Å². The standard InChI is InChI=1S/C24H23ClN4O3/c1-31-13-5-12-26-24(30)18-14-19(17-6-3-4-7-20(17)32-2)27-23-21(18)22(28-29-23)15-8-10-16(25)11-9-15/h3-4,6-11,14H,5,12-13H2,1-2H3,(H,26,30)(H,27,28,29). The fraction of sp³-hybridized carbons (Fsp3) is 0.208. The minimum Gasteiger partial charge on any atom is -0.496 e. The molecule has 0 saturated carbocycles. The molecule has 2 aromatic heterocycles. The second kappa shape index (κ2) is 9.80. The molecule has 164 valence electrons. The Morgan fingerprint density at radius 3 is 2.66 bits per heavy atom. The molecule has 4 rings (SSSR count). The number of amides is 1. The van der Waals surface area contributed by atoms with E-state index in [1.165, 1.54) is 0 Å². The van der Waals surface area contributed by atoms with E-state index >= 15 is 0 Å². The third kappa shape index (κ3) is 4.44. The highest BCUT2D eigenvalue weighted by Gasteiger charge is 2.21. The van der Waals surface area contributed by atoms with Gasteiger partial charge in [0.2, 0.25) is 0 Å². The van der Waals surface area contributed by atoms with Gasteiger partial charge in [0.1, 0.15) is 5.75 Å². The van der Waals surface area contributed by atoms with Gasteiger partial charge in [-0.2, -0.15) is 5.10 Å². The van der Waals surface area contributed by atoms with E-state index in [0.29, 0.717) is 58.3 Å². The van der Waals surface area contributed by atoms with Gasteiger partial charge in [-0.3, -0.25) is 9.89 Å². The number of pyridine rings is 1. The molecule has 0 fully saturated rings. The fourth-order valence-corrected chi connectivity index (χ4v) is 3.66. The lowest BCUT2D eigenvalue weighted by Gasteiger charge is -2.11. The normalized spacial score (nSPS) is 11.0. The Morgan fingerprint density at radius 1 is 1.12 bits per heavy atom. The summed E-state index contributed by atoms with van der Waals surface area (Å²) in [5, 5.41) is 11.7. The van der Waals surface area contributed by atoms with E-state index < -0.39 is 0 Å². The van der Waals surface area contributed by atoms with Crippen molar-refractivity contribution in [2.24, 2.45) is 0 Å². The number of methoxy groups -OCH3 is 2. The van der Waals surface area contributed by atoms with Gasteiger partial charge in [0.15, 0.2) is 5.65 Å². The number of hydrogen-bond acceptors (Lipinski definition) is 5. The minimum atomic E-state index is -0.207. The number of rotatable bonds is 8. The van der Waals surface area contributed by atoms with Crippen LogP contribution in [0.3, 0.4) is 0 Å². The molecule has 0 aliphatic carbocycles. The first kappa shape index (κ1) is 21.8. The van der Waals surface area contributed by atoms with Crippen LogP contribution in [0, 0.1) is 0 Å². The van der Waals surface area contributed by atoms with Gasteiger partial charge < -0.3 is 14.8 Å². The van der Waals surface area contributed by atoms with Crippen molar-refractivity contribution in [3.63, 3.8) is 0 Å². The quantitative estimate of drug-likeness (QED) is 0.379. The van der Waals surface area contributed by atoms with E-state index in [1.807, 2.05) is 36.4 Å². The highest BCUT2D eigenvalue weighted by atomic mass is 35.5. The number of ether oxygens (including phenoxy) is 2. The van der Waals surface area contributed by atoms with E-state index in [1.54, 1.807) is 32.4 Å². The molecule has 4 aromatic rings. The van der Waals surface area contributed by atoms with Crippen LogP contribution < -0.4 is 10.1 Å². The summed E-state index contributed by atoms with van der Waals surface area (Å²) >= 11 is 6.05. The number of fused-ring (bicyclic) bond motifs is 1. The lowest BCUT2D eigenvalue weighted by molar-refractivity contribution is 0.0950. The van der Waals surface area contributed by atoms with Crippen LogP contribution >= 0.6 is 11.6 Å². The molecule has 2 aromatic carbocycles. The average molecular weight is 451 g/mol. The summed E-state index contributed by atoms with van der Waals surface area (Å²) < 4.78 is 10.6. The summed E-state index contributed by atoms with van der Waals surface area (Å²) in [7, 11) is 3.24. The number of halogens is 1. The Labute approximate surface area is 190 Å². The smallest absolute Gasteiger partial charge is 0.252 e. The minimum absolute atomic E-state index is 0.207. The maximum Gasteiger partial charge on any atom is 0.252 e. The number of hydrogen-bond donors (Lipinski definition) is 2. The summed E-state index contributed by atoms with van der Waals surface area (Å²) in [4.78, 5) is 17.9. The second-order valence-corrected chi connectivity index (χ2v) is 7.60. The Balaban J connectivity index is 1.85. The van der Waals surface area contributed by atoms with E-state index in [-0.39, 0.29) is 5.91 Å². The third-order valence-corrected chi connectivity index (χ3v) is 5.35. The van der Waals surface area contributed by atoms with Crippen molar-refractivity contribution in [3.05, 3.63) is 65.2 Å². The fourth-order valence-electron chi connectivity index (χ4n) is 3.54. The molecule has 2 N–H and O–H groups in total. The third-order valence-electron chi connectivity index (χ3n) is 5.10. The summed E-state index contributed by atoms with van der Waals surface area (Å²) in [6, 6.07) is 16.7. The van der Waals surface area contributed by atoms with Gasteiger partial charge in [0, 0.05) is 36.4 Å². The van der Waals surface area contributed by atoms with Gasteiger partial charge in [-0.15, -0.1) is 0 Å². The van der Waals surface area contributed by atoms with Crippen molar-refractivity contribution in [2.45, 2.75) is 6.42 Å². The first-order chi connectivity index (χ1) is 15.6. The van der Waals surface area contributed by atoms with Gasteiger partial charge >= 0.3 is 0 Å². The molecule has 0 aliphatic heterocycles. The van der Waals surface area contributed by atoms with Crippen LogP contribution in [0.25, 0.3) is 33.5 Å². The van der Waals surface area contributed by atoms with Crippen molar-refractivity contribution in [2.75, 3.05) is 27.4 Å². The summed E-state index contributed by atoms with van der Waals surface area (Å²) in [6.07, 6.45) is 0.714. The van der Waals surface area contributed by atoms with Gasteiger partial charge in [0.05, 0.1) is 29.4 Å². The number of benzene rings is 2. The zero-order valence-electron chi connectivity index (χ0n) is 17.8. The molecule has 0 saturated heterocycles. The zero-order valence-corrected chi connectivity index (χ0v) is 18.6. The molecule has 0 unspecified atom stereocenters. The van der Waals surface area contributed by atoms with Crippen molar-refractivity contribution >= 4 is 28.5 Å². The van der Waals surface area contributed by atoms with Crippen molar-refractivity contribution in [3.8, 4) is 28.3 Å². The predicted molar refractivity (Wildman–Crippen MR) is 125 cm³/mol. The van der Waals surface area contributed by atoms with Crippen LogP contribution in [-0.2, 0) is 4.74 Å². The Hall–Kier alpha value is -3.42. The van der Waals surface area contributed by atoms with Crippen LogP contribution in [0.15, 0.2) is 54.6 Å². The summed E-state index contributed by atoms with van der Waals surface area (Å²) in [6.45, 7) is 1.06. The monoisotopic (exact) mass is 450 g/mol. The molecule has 1 amide bonds. The molecule has 0 radical (unpaired) electrons. The lowest BCUT2D eigenvalue weighted by Crippen LogP contribution is -2.25. The number of nitrogens with one attached hydrogen (secondary N) is 2. The summed E-state index contributed by atoms with van der Waals surface area (Å²) in [5.74, 6) is 0.459. The maximum absolute atomic E-state index is 13.2. The molecule has 7 nitrogen and oxygen atoms in total. The maximum atomic E-state index is 13.2. The largest absolute Gasteiger partial charge is 0.496 e. The first-order valence-corrected chi connectivity index (χ1v) is 10.6. The predicted octanol–water partition coefficient (Wildman–Crippen LogP) is 4.72. The number of carbonyl (C=O) groups excluding carboxylic acids is 1. The van der Waals surface area contributed by atoms with Gasteiger partial charge in [-0.25, -0.2) is 4.98 Å². The Morgan fingerprint density at radius 2 is 1.91 bits per heavy atom. The van der Waals surface area contributed by atoms with Gasteiger partial charge in [0.25, 0.3) is 5.91 Å². The number of aromatic amines is 1. The number of carbonyl (C=O) groups is 1. The van der Waals surface area contributed by atoms with E-state index in [0.717, 1.165) is 11.1 Å². The second-order valence-electron chi connectivity index (χ2n) is 7.16. The van der Waals surface area contributed by atoms with Crippen LogP contribution in [0.4, 0.5) is 0 Å². The molecule has 32 heavy (non-hydrogen) atoms. The molecular weight excluding hydrogens is 428 g/mol. The lowest BCUT2D eigenvalue weighted by atomic mass is 10.0. The highest BCUT2D eigenvalue weighted by Crippen LogP contribution is 2.34. The van der Waals surface area contributed by atoms with E-state index in [2.05, 4.69) is 15.5 Å². The number of aromatic nitrogens is 3. The number of para-hydroxylation sites is 1. The van der Waals surface area contributed by atoms with Crippen LogP contribution in [0.1, 0.15) is 16.8 Å². The Kier molecular flexibility index (Phi) is 6.68. The molecule has 0 atom stereocenters. The van der Waals surface area contributed by atoms with Crippen molar-refractivity contribution in [1.29, 1.82) is 0 Å². The van der Waals surface area contributed by atoms with Gasteiger partial charge in [-0.1, -0.05) is 35.9 Å². The van der Waals surface area contributed by atoms with Crippen LogP contribution in [0.2, 0.25) is 5.02 Å². The van der Waals surface area contributed by atoms with Crippen molar-refractivity contribution < 1.29 is 14.3 Å². The molecule has 0 bridgehead atoms. The molecule has 8 heteroatoms. The highest BCUT2D eigenvalue weighted by molar-refractivity contribution is 6.30. The zero-order chi connectivity index (χ0) is 22.5. The molecular formula is C24H23ClN4O3. The van der Waals surface area contributed by atoms with Crippen molar-refractivity contribution in [1.82, 2.24) is 20.5 Å². The van der Waals surface area contributed by atoms with E-state index in [4.69, 9.17) is 26.1 Å². The van der Waals surface area contributed by atoms with Gasteiger partial charge in [-0.05, 0) is 36.8 Å². The van der Waals surface area contributed by atoms with Crippen LogP contribution in [0.5, 0.6) is 5.75 Å². The number of nitrogens with zero attached hydrogens (tertiary/aromatic N) is 2. The molecule has 2 heterocycles. The van der Waals surface area contributed by atoms with E-state index in [9.17, 15) is 4.79 Å². The SMILES string of the molecule is COCCCNC(=O)c1cc(-c2ccccc2OC)nc2n[nH]c(-c3ccc(Cl)cc3)c12. The average Bonchev–Trinajstić information content (AvgIpc) is 3.25. The number of H-pyrrole nitrogens is 1.